The Labute approximate surface area is 101 Å². The molecule has 2 atom stereocenters. The van der Waals surface area contributed by atoms with Crippen molar-refractivity contribution in [1.29, 1.82) is 0 Å². The molecule has 0 aromatic rings. The maximum Gasteiger partial charge on any atom is 0.242 e. The van der Waals surface area contributed by atoms with Crippen LogP contribution in [0.15, 0.2) is 0 Å². The number of nitrogens with one attached hydrogen (secondary N) is 2. The fourth-order valence-electron chi connectivity index (χ4n) is 1.09. The van der Waals surface area contributed by atoms with Crippen molar-refractivity contribution in [2.24, 2.45) is 5.73 Å². The first-order chi connectivity index (χ1) is 7.52. The highest BCUT2D eigenvalue weighted by Gasteiger charge is 2.18. The van der Waals surface area contributed by atoms with E-state index >= 15 is 0 Å². The second-order valence-electron chi connectivity index (χ2n) is 3.51. The smallest absolute Gasteiger partial charge is 0.242 e. The maximum absolute atomic E-state index is 11.5. The van der Waals surface area contributed by atoms with E-state index in [0.717, 1.165) is 5.75 Å². The molecule has 1 unspecified atom stereocenters. The van der Waals surface area contributed by atoms with E-state index in [0.29, 0.717) is 13.0 Å². The molecule has 0 bridgehead atoms. The maximum atomic E-state index is 11.5. The molecule has 4 N–H and O–H groups in total. The lowest BCUT2D eigenvalue weighted by Gasteiger charge is -2.16. The van der Waals surface area contributed by atoms with Crippen LogP contribution in [0.2, 0.25) is 0 Å². The Bertz CT molecular complexity index is 236. The summed E-state index contributed by atoms with van der Waals surface area (Å²) in [5, 5.41) is 5.22. The lowest BCUT2D eigenvalue weighted by Crippen LogP contribution is -2.50. The molecule has 0 fully saturated rings. The molecule has 0 heterocycles. The van der Waals surface area contributed by atoms with Gasteiger partial charge in [-0.15, -0.1) is 0 Å². The molecule has 16 heavy (non-hydrogen) atoms. The molecule has 0 rings (SSSR count). The Hall–Kier alpha value is -0.750. The van der Waals surface area contributed by atoms with Crippen molar-refractivity contribution >= 4 is 23.6 Å². The molecular weight excluding hydrogens is 226 g/mol. The molecule has 0 aliphatic heterocycles. The topological polar surface area (TPSA) is 84.2 Å². The van der Waals surface area contributed by atoms with Crippen LogP contribution in [0.5, 0.6) is 0 Å². The summed E-state index contributed by atoms with van der Waals surface area (Å²) in [4.78, 5) is 22.9. The van der Waals surface area contributed by atoms with E-state index in [4.69, 9.17) is 5.73 Å². The highest BCUT2D eigenvalue weighted by Crippen LogP contribution is 1.99. The van der Waals surface area contributed by atoms with Crippen molar-refractivity contribution in [3.8, 4) is 0 Å². The molecule has 0 saturated carbocycles. The lowest BCUT2D eigenvalue weighted by molar-refractivity contribution is -0.129. The third kappa shape index (κ3) is 5.97. The van der Waals surface area contributed by atoms with E-state index in [-0.39, 0.29) is 11.8 Å². The quantitative estimate of drug-likeness (QED) is 0.577. The molecule has 0 saturated heterocycles. The van der Waals surface area contributed by atoms with Crippen LogP contribution in [0.4, 0.5) is 0 Å². The van der Waals surface area contributed by atoms with Gasteiger partial charge in [-0.2, -0.15) is 11.8 Å². The minimum absolute atomic E-state index is 0.187. The van der Waals surface area contributed by atoms with Gasteiger partial charge in [0.25, 0.3) is 0 Å². The van der Waals surface area contributed by atoms with Gasteiger partial charge in [0.1, 0.15) is 6.04 Å². The Kier molecular flexibility index (Phi) is 8.01. The van der Waals surface area contributed by atoms with Gasteiger partial charge in [-0.3, -0.25) is 9.59 Å². The second-order valence-corrected chi connectivity index (χ2v) is 4.50. The van der Waals surface area contributed by atoms with Crippen LogP contribution in [0.25, 0.3) is 0 Å². The minimum atomic E-state index is -0.538. The van der Waals surface area contributed by atoms with E-state index in [9.17, 15) is 9.59 Å². The van der Waals surface area contributed by atoms with E-state index in [1.807, 2.05) is 13.2 Å². The van der Waals surface area contributed by atoms with E-state index in [2.05, 4.69) is 10.6 Å². The predicted octanol–water partition coefficient (Wildman–Crippen LogP) is -0.292. The molecule has 94 valence electrons. The number of hydrogen-bond donors (Lipinski definition) is 3. The summed E-state index contributed by atoms with van der Waals surface area (Å²) in [7, 11) is 0. The summed E-state index contributed by atoms with van der Waals surface area (Å²) in [5.74, 6) is 0.380. The SMILES string of the molecule is CCNC(=O)C(C)NC(=O)[C@@H](N)CCSC. The van der Waals surface area contributed by atoms with Gasteiger partial charge in [0.2, 0.25) is 11.8 Å². The van der Waals surface area contributed by atoms with Gasteiger partial charge < -0.3 is 16.4 Å². The monoisotopic (exact) mass is 247 g/mol. The van der Waals surface area contributed by atoms with Gasteiger partial charge in [-0.1, -0.05) is 0 Å². The molecule has 0 spiro atoms. The standard InChI is InChI=1S/C10H21N3O2S/c1-4-12-9(14)7(2)13-10(15)8(11)5-6-16-3/h7-8H,4-6,11H2,1-3H3,(H,12,14)(H,13,15)/t7?,8-/m0/s1. The number of nitrogens with two attached hydrogens (primary N) is 1. The third-order valence-electron chi connectivity index (χ3n) is 2.07. The summed E-state index contributed by atoms with van der Waals surface area (Å²) in [6, 6.07) is -1.07. The van der Waals surface area contributed by atoms with Crippen LogP contribution >= 0.6 is 11.8 Å². The Morgan fingerprint density at radius 1 is 1.38 bits per heavy atom. The van der Waals surface area contributed by atoms with Gasteiger partial charge in [-0.25, -0.2) is 0 Å². The highest BCUT2D eigenvalue weighted by molar-refractivity contribution is 7.98. The average molecular weight is 247 g/mol. The van der Waals surface area contributed by atoms with Crippen LogP contribution in [0, 0.1) is 0 Å². The van der Waals surface area contributed by atoms with Gasteiger partial charge >= 0.3 is 0 Å². The predicted molar refractivity (Wildman–Crippen MR) is 67.3 cm³/mol. The summed E-state index contributed by atoms with van der Waals surface area (Å²) in [6.45, 7) is 4.03. The van der Waals surface area contributed by atoms with Crippen molar-refractivity contribution in [2.75, 3.05) is 18.6 Å². The highest BCUT2D eigenvalue weighted by atomic mass is 32.2. The van der Waals surface area contributed by atoms with Crippen LogP contribution in [0.3, 0.4) is 0 Å². The third-order valence-corrected chi connectivity index (χ3v) is 2.72. The second kappa shape index (κ2) is 8.41. The fourth-order valence-corrected chi connectivity index (χ4v) is 1.58. The molecule has 6 heteroatoms. The fraction of sp³-hybridized carbons (Fsp3) is 0.800. The number of thioether (sulfide) groups is 1. The van der Waals surface area contributed by atoms with Crippen LogP contribution < -0.4 is 16.4 Å². The number of carbonyl (C=O) groups excluding carboxylic acids is 2. The lowest BCUT2D eigenvalue weighted by atomic mass is 10.2. The summed E-state index contributed by atoms with van der Waals surface area (Å²) in [6.07, 6.45) is 2.58. The number of carbonyl (C=O) groups is 2. The van der Waals surface area contributed by atoms with Crippen molar-refractivity contribution in [2.45, 2.75) is 32.4 Å². The summed E-state index contributed by atoms with van der Waals surface area (Å²) < 4.78 is 0. The number of rotatable bonds is 7. The molecule has 2 amide bonds. The summed E-state index contributed by atoms with van der Waals surface area (Å²) in [5.41, 5.74) is 5.67. The van der Waals surface area contributed by atoms with Gasteiger partial charge in [0.15, 0.2) is 0 Å². The zero-order valence-corrected chi connectivity index (χ0v) is 10.9. The molecule has 0 aromatic heterocycles. The first kappa shape index (κ1) is 15.2. The summed E-state index contributed by atoms with van der Waals surface area (Å²) >= 11 is 1.64. The number of hydrogen-bond acceptors (Lipinski definition) is 4. The largest absolute Gasteiger partial charge is 0.355 e. The van der Waals surface area contributed by atoms with Gasteiger partial charge in [-0.05, 0) is 32.3 Å². The van der Waals surface area contributed by atoms with Gasteiger partial charge in [0, 0.05) is 6.54 Å². The molecule has 0 radical (unpaired) electrons. The molecule has 0 aliphatic rings. The van der Waals surface area contributed by atoms with Crippen molar-refractivity contribution in [3.05, 3.63) is 0 Å². The zero-order valence-electron chi connectivity index (χ0n) is 10.1. The van der Waals surface area contributed by atoms with Crippen molar-refractivity contribution in [1.82, 2.24) is 10.6 Å². The minimum Gasteiger partial charge on any atom is -0.355 e. The van der Waals surface area contributed by atoms with Crippen LogP contribution in [-0.2, 0) is 9.59 Å². The number of amides is 2. The number of likely N-dealkylation sites (N-methyl/N-ethyl adjacent to an activating group) is 1. The van der Waals surface area contributed by atoms with Crippen molar-refractivity contribution in [3.63, 3.8) is 0 Å². The average Bonchev–Trinajstić information content (AvgIpc) is 2.25. The molecular formula is C10H21N3O2S. The van der Waals surface area contributed by atoms with Crippen LogP contribution in [-0.4, -0.2) is 42.5 Å². The Morgan fingerprint density at radius 3 is 2.50 bits per heavy atom. The first-order valence-electron chi connectivity index (χ1n) is 5.35. The molecule has 5 nitrogen and oxygen atoms in total. The molecule has 0 aliphatic carbocycles. The zero-order chi connectivity index (χ0) is 12.6. The first-order valence-corrected chi connectivity index (χ1v) is 6.74. The van der Waals surface area contributed by atoms with E-state index in [1.165, 1.54) is 0 Å². The van der Waals surface area contributed by atoms with Gasteiger partial charge in [0.05, 0.1) is 6.04 Å². The Balaban J connectivity index is 3.97. The van der Waals surface area contributed by atoms with E-state index < -0.39 is 12.1 Å². The van der Waals surface area contributed by atoms with Crippen LogP contribution in [0.1, 0.15) is 20.3 Å². The molecule has 0 aromatic carbocycles. The Morgan fingerprint density at radius 2 is 2.00 bits per heavy atom. The normalized spacial score (nSPS) is 14.0. The van der Waals surface area contributed by atoms with E-state index in [1.54, 1.807) is 18.7 Å². The van der Waals surface area contributed by atoms with Crippen molar-refractivity contribution < 1.29 is 9.59 Å².